The van der Waals surface area contributed by atoms with E-state index in [1.807, 2.05) is 13.8 Å². The molecule has 0 radical (unpaired) electrons. The van der Waals surface area contributed by atoms with E-state index in [0.717, 1.165) is 12.8 Å². The zero-order valence-corrected chi connectivity index (χ0v) is 10.7. The predicted octanol–water partition coefficient (Wildman–Crippen LogP) is 0.626. The van der Waals surface area contributed by atoms with E-state index in [1.165, 1.54) is 0 Å². The third kappa shape index (κ3) is 4.44. The number of sulfonamides is 1. The zero-order valence-electron chi connectivity index (χ0n) is 9.06. The summed E-state index contributed by atoms with van der Waals surface area (Å²) in [7, 11) is -3.23. The Hall–Kier alpha value is -0.200. The topological polar surface area (TPSA) is 72.2 Å². The lowest BCUT2D eigenvalue weighted by Crippen LogP contribution is -2.47. The van der Waals surface area contributed by atoms with Crippen molar-refractivity contribution in [3.63, 3.8) is 0 Å². The van der Waals surface area contributed by atoms with Crippen LogP contribution in [0.4, 0.5) is 0 Å². The SMILES string of the molecule is CC(C)C(NS(=O)(=O)CC1CC1)C(N)=S. The first-order valence-corrected chi connectivity index (χ1v) is 7.17. The largest absolute Gasteiger partial charge is 0.392 e. The van der Waals surface area contributed by atoms with Gasteiger partial charge in [-0.15, -0.1) is 0 Å². The minimum Gasteiger partial charge on any atom is -0.392 e. The van der Waals surface area contributed by atoms with Crippen molar-refractivity contribution in [1.29, 1.82) is 0 Å². The van der Waals surface area contributed by atoms with Gasteiger partial charge in [-0.2, -0.15) is 0 Å². The molecule has 0 aromatic rings. The Morgan fingerprint density at radius 3 is 2.40 bits per heavy atom. The van der Waals surface area contributed by atoms with Crippen molar-refractivity contribution in [3.8, 4) is 0 Å². The summed E-state index contributed by atoms with van der Waals surface area (Å²) in [6.07, 6.45) is 2.03. The van der Waals surface area contributed by atoms with E-state index in [0.29, 0.717) is 5.92 Å². The molecule has 1 fully saturated rings. The minimum absolute atomic E-state index is 0.0801. The molecule has 0 saturated heterocycles. The molecule has 88 valence electrons. The molecule has 4 nitrogen and oxygen atoms in total. The lowest BCUT2D eigenvalue weighted by Gasteiger charge is -2.20. The van der Waals surface area contributed by atoms with Crippen molar-refractivity contribution in [2.75, 3.05) is 5.75 Å². The van der Waals surface area contributed by atoms with Crippen LogP contribution in [0, 0.1) is 11.8 Å². The summed E-state index contributed by atoms with van der Waals surface area (Å²) >= 11 is 4.84. The first-order chi connectivity index (χ1) is 6.82. The molecular weight excluding hydrogens is 232 g/mol. The highest BCUT2D eigenvalue weighted by atomic mass is 32.2. The van der Waals surface area contributed by atoms with Crippen LogP contribution in [0.2, 0.25) is 0 Å². The molecule has 1 atom stereocenters. The standard InChI is InChI=1S/C9H18N2O2S2/c1-6(2)8(9(10)14)11-15(12,13)5-7-3-4-7/h6-8,11H,3-5H2,1-2H3,(H2,10,14). The van der Waals surface area contributed by atoms with Crippen LogP contribution >= 0.6 is 12.2 Å². The second kappa shape index (κ2) is 4.76. The monoisotopic (exact) mass is 250 g/mol. The third-order valence-electron chi connectivity index (χ3n) is 2.43. The summed E-state index contributed by atoms with van der Waals surface area (Å²) in [5, 5.41) is 0. The van der Waals surface area contributed by atoms with Gasteiger partial charge in [-0.05, 0) is 24.7 Å². The highest BCUT2D eigenvalue weighted by Crippen LogP contribution is 2.30. The number of hydrogen-bond acceptors (Lipinski definition) is 3. The van der Waals surface area contributed by atoms with Crippen molar-refractivity contribution in [1.82, 2.24) is 4.72 Å². The molecule has 0 aliphatic heterocycles. The Labute approximate surface area is 96.7 Å². The van der Waals surface area contributed by atoms with Crippen molar-refractivity contribution in [3.05, 3.63) is 0 Å². The van der Waals surface area contributed by atoms with E-state index >= 15 is 0 Å². The van der Waals surface area contributed by atoms with Crippen LogP contribution in [0.3, 0.4) is 0 Å². The molecule has 1 saturated carbocycles. The van der Waals surface area contributed by atoms with E-state index < -0.39 is 16.1 Å². The van der Waals surface area contributed by atoms with Crippen LogP contribution in [-0.2, 0) is 10.0 Å². The average molecular weight is 250 g/mol. The fraction of sp³-hybridized carbons (Fsp3) is 0.889. The Morgan fingerprint density at radius 2 is 2.07 bits per heavy atom. The number of thiocarbonyl (C=S) groups is 1. The molecule has 1 aliphatic carbocycles. The molecule has 1 rings (SSSR count). The van der Waals surface area contributed by atoms with Crippen LogP contribution < -0.4 is 10.5 Å². The second-order valence-corrected chi connectivity index (χ2v) is 6.74. The van der Waals surface area contributed by atoms with E-state index in [-0.39, 0.29) is 16.7 Å². The molecule has 0 amide bonds. The van der Waals surface area contributed by atoms with Crippen molar-refractivity contribution in [2.24, 2.45) is 17.6 Å². The quantitative estimate of drug-likeness (QED) is 0.678. The molecule has 1 unspecified atom stereocenters. The lowest BCUT2D eigenvalue weighted by atomic mass is 10.1. The Kier molecular flexibility index (Phi) is 4.08. The molecule has 0 aromatic carbocycles. The van der Waals surface area contributed by atoms with Gasteiger partial charge in [0.25, 0.3) is 0 Å². The Balaban J connectivity index is 2.59. The second-order valence-electron chi connectivity index (χ2n) is 4.47. The van der Waals surface area contributed by atoms with Crippen molar-refractivity contribution < 1.29 is 8.42 Å². The van der Waals surface area contributed by atoms with E-state index in [4.69, 9.17) is 18.0 Å². The van der Waals surface area contributed by atoms with E-state index in [9.17, 15) is 8.42 Å². The molecule has 6 heteroatoms. The predicted molar refractivity (Wildman–Crippen MR) is 65.1 cm³/mol. The van der Waals surface area contributed by atoms with Crippen LogP contribution in [0.1, 0.15) is 26.7 Å². The molecule has 3 N–H and O–H groups in total. The van der Waals surface area contributed by atoms with Crippen LogP contribution in [-0.4, -0.2) is 25.2 Å². The van der Waals surface area contributed by atoms with Gasteiger partial charge >= 0.3 is 0 Å². The van der Waals surface area contributed by atoms with Gasteiger partial charge in [0.05, 0.1) is 16.8 Å². The van der Waals surface area contributed by atoms with E-state index in [1.54, 1.807) is 0 Å². The normalized spacial score (nSPS) is 19.1. The Morgan fingerprint density at radius 1 is 1.53 bits per heavy atom. The van der Waals surface area contributed by atoms with Crippen LogP contribution in [0.15, 0.2) is 0 Å². The molecular formula is C9H18N2O2S2. The molecule has 0 spiro atoms. The minimum atomic E-state index is -3.23. The van der Waals surface area contributed by atoms with Gasteiger partial charge < -0.3 is 5.73 Å². The van der Waals surface area contributed by atoms with Crippen LogP contribution in [0.25, 0.3) is 0 Å². The zero-order chi connectivity index (χ0) is 11.6. The molecule has 0 aromatic heterocycles. The summed E-state index contributed by atoms with van der Waals surface area (Å²) in [5.41, 5.74) is 5.50. The summed E-state index contributed by atoms with van der Waals surface area (Å²) in [6, 6.07) is -0.427. The molecule has 1 aliphatic rings. The van der Waals surface area contributed by atoms with Gasteiger partial charge in [0, 0.05) is 0 Å². The maximum Gasteiger partial charge on any atom is 0.212 e. The first-order valence-electron chi connectivity index (χ1n) is 5.11. The highest BCUT2D eigenvalue weighted by Gasteiger charge is 2.30. The summed E-state index contributed by atoms with van der Waals surface area (Å²) < 4.78 is 25.9. The number of rotatable bonds is 6. The summed E-state index contributed by atoms with van der Waals surface area (Å²) in [4.78, 5) is 0.212. The maximum absolute atomic E-state index is 11.7. The fourth-order valence-electron chi connectivity index (χ4n) is 1.36. The van der Waals surface area contributed by atoms with E-state index in [2.05, 4.69) is 4.72 Å². The summed E-state index contributed by atoms with van der Waals surface area (Å²) in [6.45, 7) is 3.78. The maximum atomic E-state index is 11.7. The van der Waals surface area contributed by atoms with Gasteiger partial charge in [0.2, 0.25) is 10.0 Å². The van der Waals surface area contributed by atoms with Gasteiger partial charge in [0.1, 0.15) is 0 Å². The Bertz CT molecular complexity index is 334. The van der Waals surface area contributed by atoms with Gasteiger partial charge in [-0.3, -0.25) is 0 Å². The van der Waals surface area contributed by atoms with Crippen LogP contribution in [0.5, 0.6) is 0 Å². The fourth-order valence-corrected chi connectivity index (χ4v) is 3.60. The van der Waals surface area contributed by atoms with Gasteiger partial charge in [0.15, 0.2) is 0 Å². The van der Waals surface area contributed by atoms with Gasteiger partial charge in [-0.1, -0.05) is 26.1 Å². The first kappa shape index (κ1) is 12.9. The van der Waals surface area contributed by atoms with Crippen molar-refractivity contribution in [2.45, 2.75) is 32.7 Å². The van der Waals surface area contributed by atoms with Gasteiger partial charge in [-0.25, -0.2) is 13.1 Å². The summed E-state index contributed by atoms with van der Waals surface area (Å²) in [5.74, 6) is 0.622. The number of nitrogens with two attached hydrogens (primary N) is 1. The third-order valence-corrected chi connectivity index (χ3v) is 4.21. The smallest absolute Gasteiger partial charge is 0.212 e. The highest BCUT2D eigenvalue weighted by molar-refractivity contribution is 7.89. The molecule has 0 heterocycles. The van der Waals surface area contributed by atoms with Crippen molar-refractivity contribution >= 4 is 27.2 Å². The number of nitrogens with one attached hydrogen (secondary N) is 1. The molecule has 0 bridgehead atoms. The lowest BCUT2D eigenvalue weighted by molar-refractivity contribution is 0.524. The number of hydrogen-bond donors (Lipinski definition) is 2. The average Bonchev–Trinajstić information content (AvgIpc) is 2.82. The molecule has 15 heavy (non-hydrogen) atoms.